The van der Waals surface area contributed by atoms with Crippen LogP contribution in [0.1, 0.15) is 0 Å². The quantitative estimate of drug-likeness (QED) is 0.137. The molecule has 0 aliphatic heterocycles. The Hall–Kier alpha value is -18.3. The summed E-state index contributed by atoms with van der Waals surface area (Å²) >= 11 is 5.58. The SMILES string of the molecule is c1ccc(-c2nc3c(ccc4ccccc43)nc2-c2cccc3ccc4c5ccccc5sc4c23)cc1.c1ccc(-c2nc3ccc4ccccc4c3nc2-c2ccc3ccc4oc5ccccc5c4c3c2)cc1.c1ccc(-c2nc3ccc4ccccc4c3nc2-c2cccc3ccc4c5ccccc5sc4c23)cc1.c1ccc(-c2nc3ccccc3nc2-c2cccc3ccc4c5ccccc5sc4c23)cc1. The molecule has 670 valence electrons. The van der Waals surface area contributed by atoms with E-state index < -0.39 is 0 Å². The Labute approximate surface area is 837 Å². The van der Waals surface area contributed by atoms with Gasteiger partial charge in [0.25, 0.3) is 0 Å². The first-order chi connectivity index (χ1) is 71.4. The van der Waals surface area contributed by atoms with Crippen molar-refractivity contribution < 1.29 is 4.42 Å². The summed E-state index contributed by atoms with van der Waals surface area (Å²) in [5, 5.41) is 26.6. The van der Waals surface area contributed by atoms with Crippen molar-refractivity contribution in [3.63, 3.8) is 0 Å². The molecule has 23 aromatic carbocycles. The van der Waals surface area contributed by atoms with Crippen molar-refractivity contribution in [2.75, 3.05) is 0 Å². The summed E-state index contributed by atoms with van der Waals surface area (Å²) in [6.07, 6.45) is 0. The van der Waals surface area contributed by atoms with E-state index in [0.717, 1.165) is 183 Å². The van der Waals surface area contributed by atoms with Crippen LogP contribution in [0.4, 0.5) is 0 Å². The Bertz CT molecular complexity index is 10700. The molecule has 0 amide bonds. The van der Waals surface area contributed by atoms with Gasteiger partial charge in [-0.1, -0.05) is 406 Å². The van der Waals surface area contributed by atoms with E-state index in [0.29, 0.717) is 0 Å². The summed E-state index contributed by atoms with van der Waals surface area (Å²) in [6.45, 7) is 0. The molecule has 9 nitrogen and oxygen atoms in total. The van der Waals surface area contributed by atoms with Gasteiger partial charge in [-0.3, -0.25) is 0 Å². The normalized spacial score (nSPS) is 11.8. The van der Waals surface area contributed by atoms with Gasteiger partial charge in [-0.15, -0.1) is 34.0 Å². The molecule has 31 aromatic rings. The number of nitrogens with zero attached hydrogens (tertiary/aromatic N) is 8. The average Bonchev–Trinajstić information content (AvgIpc) is 1.70. The molecule has 144 heavy (non-hydrogen) atoms. The minimum atomic E-state index is 0.877. The van der Waals surface area contributed by atoms with Crippen LogP contribution in [0.2, 0.25) is 0 Å². The van der Waals surface area contributed by atoms with Gasteiger partial charge in [0.05, 0.1) is 89.7 Å². The predicted molar refractivity (Wildman–Crippen MR) is 610 cm³/mol. The topological polar surface area (TPSA) is 116 Å². The second kappa shape index (κ2) is 34.9. The monoisotopic (exact) mass is 1890 g/mol. The van der Waals surface area contributed by atoms with E-state index in [1.54, 1.807) is 0 Å². The molecule has 0 aliphatic carbocycles. The van der Waals surface area contributed by atoms with Gasteiger partial charge in [-0.2, -0.15) is 0 Å². The van der Waals surface area contributed by atoms with Gasteiger partial charge in [0.2, 0.25) is 0 Å². The Kier molecular flexibility index (Phi) is 20.3. The first-order valence-corrected chi connectivity index (χ1v) is 50.8. The molecule has 8 aromatic heterocycles. The van der Waals surface area contributed by atoms with Crippen LogP contribution in [0.5, 0.6) is 0 Å². The second-order valence-corrected chi connectivity index (χ2v) is 39.6. The third kappa shape index (κ3) is 14.4. The van der Waals surface area contributed by atoms with Crippen molar-refractivity contribution >= 4 is 236 Å². The molecule has 0 aliphatic rings. The molecule has 31 rings (SSSR count). The van der Waals surface area contributed by atoms with Crippen LogP contribution in [-0.2, 0) is 0 Å². The fourth-order valence-corrected chi connectivity index (χ4v) is 25.1. The zero-order valence-electron chi connectivity index (χ0n) is 77.2. The fourth-order valence-electron chi connectivity index (χ4n) is 21.3. The zero-order chi connectivity index (χ0) is 94.8. The minimum Gasteiger partial charge on any atom is -0.456 e. The maximum Gasteiger partial charge on any atom is 0.136 e. The molecule has 8 heterocycles. The first-order valence-electron chi connectivity index (χ1n) is 48.3. The number of aromatic nitrogens is 8. The number of para-hydroxylation sites is 3. The number of benzene rings is 23. The highest BCUT2D eigenvalue weighted by molar-refractivity contribution is 7.27. The highest BCUT2D eigenvalue weighted by atomic mass is 32.1. The second-order valence-electron chi connectivity index (χ2n) is 36.4. The van der Waals surface area contributed by atoms with Gasteiger partial charge in [-0.25, -0.2) is 39.9 Å². The van der Waals surface area contributed by atoms with E-state index in [9.17, 15) is 0 Å². The van der Waals surface area contributed by atoms with Gasteiger partial charge in [0, 0.05) is 148 Å². The molecule has 0 saturated heterocycles. The van der Waals surface area contributed by atoms with Crippen LogP contribution in [-0.4, -0.2) is 39.9 Å². The number of hydrogen-bond donors (Lipinski definition) is 0. The summed E-state index contributed by atoms with van der Waals surface area (Å²) < 4.78 is 14.0. The van der Waals surface area contributed by atoms with Crippen molar-refractivity contribution in [2.24, 2.45) is 0 Å². The largest absolute Gasteiger partial charge is 0.456 e. The lowest BCUT2D eigenvalue weighted by atomic mass is 9.96. The molecule has 0 fully saturated rings. The summed E-state index contributed by atoms with van der Waals surface area (Å²) in [4.78, 5) is 42.0. The van der Waals surface area contributed by atoms with Crippen molar-refractivity contribution in [3.8, 4) is 90.1 Å². The highest BCUT2D eigenvalue weighted by Gasteiger charge is 2.26. The van der Waals surface area contributed by atoms with Crippen LogP contribution in [0.3, 0.4) is 0 Å². The van der Waals surface area contributed by atoms with E-state index in [2.05, 4.69) is 400 Å². The van der Waals surface area contributed by atoms with Crippen molar-refractivity contribution in [3.05, 3.63) is 473 Å². The zero-order valence-corrected chi connectivity index (χ0v) is 79.7. The van der Waals surface area contributed by atoms with Crippen molar-refractivity contribution in [1.29, 1.82) is 0 Å². The van der Waals surface area contributed by atoms with E-state index in [4.69, 9.17) is 44.3 Å². The van der Waals surface area contributed by atoms with Crippen LogP contribution in [0.25, 0.3) is 292 Å². The van der Waals surface area contributed by atoms with Crippen LogP contribution >= 0.6 is 34.0 Å². The van der Waals surface area contributed by atoms with Crippen LogP contribution < -0.4 is 0 Å². The van der Waals surface area contributed by atoms with Gasteiger partial charge >= 0.3 is 0 Å². The molecular formula is C132H78N8OS3. The Balaban J connectivity index is 0.0000000935. The molecular weight excluding hydrogens is 1810 g/mol. The van der Waals surface area contributed by atoms with Gasteiger partial charge < -0.3 is 4.42 Å². The number of hydrogen-bond acceptors (Lipinski definition) is 12. The number of furan rings is 1. The van der Waals surface area contributed by atoms with Gasteiger partial charge in [0.15, 0.2) is 0 Å². The third-order valence-corrected chi connectivity index (χ3v) is 31.6. The maximum absolute atomic E-state index is 6.18. The molecule has 0 spiro atoms. The molecule has 0 N–H and O–H groups in total. The summed E-state index contributed by atoms with van der Waals surface area (Å²) in [6, 6.07) is 166. The lowest BCUT2D eigenvalue weighted by Gasteiger charge is -2.14. The van der Waals surface area contributed by atoms with Crippen molar-refractivity contribution in [2.45, 2.75) is 0 Å². The Morgan fingerprint density at radius 1 is 0.153 bits per heavy atom. The van der Waals surface area contributed by atoms with Crippen LogP contribution in [0.15, 0.2) is 478 Å². The van der Waals surface area contributed by atoms with Gasteiger partial charge in [0.1, 0.15) is 11.2 Å². The van der Waals surface area contributed by atoms with Crippen molar-refractivity contribution in [1.82, 2.24) is 39.9 Å². The van der Waals surface area contributed by atoms with E-state index in [1.165, 1.54) is 109 Å². The third-order valence-electron chi connectivity index (χ3n) is 28.0. The molecule has 0 unspecified atom stereocenters. The lowest BCUT2D eigenvalue weighted by Crippen LogP contribution is -1.97. The number of thiophene rings is 3. The van der Waals surface area contributed by atoms with Gasteiger partial charge in [-0.05, 0) is 110 Å². The van der Waals surface area contributed by atoms with E-state index >= 15 is 0 Å². The number of fused-ring (bicyclic) bond motifs is 30. The molecule has 0 saturated carbocycles. The fraction of sp³-hybridized carbons (Fsp3) is 0. The van der Waals surface area contributed by atoms with Crippen LogP contribution in [0, 0.1) is 0 Å². The smallest absolute Gasteiger partial charge is 0.136 e. The van der Waals surface area contributed by atoms with E-state index in [1.807, 2.05) is 107 Å². The summed E-state index contributed by atoms with van der Waals surface area (Å²) in [5.74, 6) is 0. The summed E-state index contributed by atoms with van der Waals surface area (Å²) in [5.41, 5.74) is 25.1. The Morgan fingerprint density at radius 3 is 0.861 bits per heavy atom. The highest BCUT2D eigenvalue weighted by Crippen LogP contribution is 2.50. The molecule has 0 atom stereocenters. The molecule has 12 heteroatoms. The molecule has 0 radical (unpaired) electrons. The lowest BCUT2D eigenvalue weighted by molar-refractivity contribution is 0.669. The minimum absolute atomic E-state index is 0.877. The summed E-state index contributed by atoms with van der Waals surface area (Å²) in [7, 11) is 0. The average molecular weight is 1890 g/mol. The Morgan fingerprint density at radius 2 is 0.438 bits per heavy atom. The maximum atomic E-state index is 6.18. The molecule has 0 bridgehead atoms. The predicted octanol–water partition coefficient (Wildman–Crippen LogP) is 36.9. The first kappa shape index (κ1) is 83.8. The standard InChI is InChI=1S/C34H20N2O.2C34H20N2S.C30H18N2S/c1-2-9-23(10-3-1)32-33(36-34-25-11-5-4-8-21(25)16-18-28(34)35-32)24-15-14-22-17-19-30-31(27(22)20-24)26-12-6-7-13-29(26)37-30;1-2-10-23(11-3-1)31-33(35-28-20-18-21-9-4-5-13-24(21)32(28)36-31)27-15-8-12-22-17-19-26-25-14-6-7-16-29(25)37-34(26)30(22)27;1-2-10-23(11-3-1)31-33(36-32-24-13-5-4-9-21(24)18-20-28(32)35-31)27-15-8-12-22-17-19-26-25-14-6-7-16-29(25)37-34(26)30(22)27;1-2-9-20(10-3-1)28-29(32-25-15-6-5-14-24(25)31-28)23-13-8-11-19-17-18-22-21-12-4-7-16-26(21)33-30(22)27(19)23/h3*1-20H;1-18H. The van der Waals surface area contributed by atoms with E-state index in [-0.39, 0.29) is 0 Å². The number of rotatable bonds is 8.